The van der Waals surface area contributed by atoms with Crippen molar-refractivity contribution in [2.75, 3.05) is 19.1 Å². The molecule has 0 bridgehead atoms. The summed E-state index contributed by atoms with van der Waals surface area (Å²) < 4.78 is 0. The Hall–Kier alpha value is -0.910. The van der Waals surface area contributed by atoms with Crippen LogP contribution in [0.1, 0.15) is 13.3 Å². The molecule has 14 heavy (non-hydrogen) atoms. The van der Waals surface area contributed by atoms with Crippen molar-refractivity contribution < 1.29 is 10.0 Å². The van der Waals surface area contributed by atoms with Crippen LogP contribution in [0.5, 0.6) is 0 Å². The van der Waals surface area contributed by atoms with Crippen LogP contribution < -0.4 is 5.73 Å². The summed E-state index contributed by atoms with van der Waals surface area (Å²) in [5.41, 5.74) is 5.38. The van der Waals surface area contributed by atoms with Gasteiger partial charge in [0, 0.05) is 19.2 Å². The number of carbonyl (C=O) groups is 1. The molecule has 1 unspecified atom stereocenters. The number of oxime groups is 1. The molecule has 0 aliphatic rings. The molecule has 0 fully saturated rings. The second-order valence-electron chi connectivity index (χ2n) is 2.95. The van der Waals surface area contributed by atoms with E-state index in [0.717, 1.165) is 5.75 Å². The van der Waals surface area contributed by atoms with Gasteiger partial charge >= 0.3 is 0 Å². The van der Waals surface area contributed by atoms with Gasteiger partial charge in [-0.05, 0) is 13.2 Å². The maximum Gasteiger partial charge on any atom is 0.223 e. The predicted octanol–water partition coefficient (Wildman–Crippen LogP) is 0.333. The van der Waals surface area contributed by atoms with Crippen LogP contribution in [-0.4, -0.2) is 46.9 Å². The number of hydrogen-bond donors (Lipinski definition) is 2. The first-order valence-corrected chi connectivity index (χ1v) is 5.66. The quantitative estimate of drug-likeness (QED) is 0.302. The van der Waals surface area contributed by atoms with Gasteiger partial charge in [0.1, 0.15) is 0 Å². The van der Waals surface area contributed by atoms with E-state index in [-0.39, 0.29) is 17.8 Å². The summed E-state index contributed by atoms with van der Waals surface area (Å²) in [5.74, 6) is 0.829. The highest BCUT2D eigenvalue weighted by Gasteiger charge is 2.18. The van der Waals surface area contributed by atoms with E-state index in [1.54, 1.807) is 25.7 Å². The smallest absolute Gasteiger partial charge is 0.223 e. The van der Waals surface area contributed by atoms with Crippen LogP contribution in [0, 0.1) is 0 Å². The van der Waals surface area contributed by atoms with Gasteiger partial charge < -0.3 is 15.8 Å². The van der Waals surface area contributed by atoms with Gasteiger partial charge in [-0.25, -0.2) is 0 Å². The van der Waals surface area contributed by atoms with E-state index in [1.165, 1.54) is 4.90 Å². The number of likely N-dealkylation sites (N-methyl/N-ethyl adjacent to an activating group) is 1. The molecular formula is C8H17N3O2S. The average Bonchev–Trinajstić information content (AvgIpc) is 2.22. The van der Waals surface area contributed by atoms with Gasteiger partial charge in [-0.1, -0.05) is 5.16 Å². The highest BCUT2D eigenvalue weighted by Crippen LogP contribution is 2.03. The summed E-state index contributed by atoms with van der Waals surface area (Å²) in [7, 11) is 1.64. The van der Waals surface area contributed by atoms with Crippen molar-refractivity contribution in [1.82, 2.24) is 4.90 Å². The zero-order valence-electron chi connectivity index (χ0n) is 8.73. The monoisotopic (exact) mass is 219 g/mol. The van der Waals surface area contributed by atoms with E-state index < -0.39 is 0 Å². The fraction of sp³-hybridized carbons (Fsp3) is 0.750. The largest absolute Gasteiger partial charge is 0.409 e. The maximum absolute atomic E-state index is 11.5. The lowest BCUT2D eigenvalue weighted by molar-refractivity contribution is -0.130. The SMILES string of the molecule is CSCCC(=O)N(C)C(C)C(N)=NO. The Morgan fingerprint density at radius 1 is 1.71 bits per heavy atom. The molecule has 0 heterocycles. The Labute approximate surface area is 88.3 Å². The third kappa shape index (κ3) is 3.87. The summed E-state index contributed by atoms with van der Waals surface area (Å²) in [4.78, 5) is 13.0. The van der Waals surface area contributed by atoms with Crippen LogP contribution >= 0.6 is 11.8 Å². The van der Waals surface area contributed by atoms with Crippen LogP contribution in [0.15, 0.2) is 5.16 Å². The molecule has 5 nitrogen and oxygen atoms in total. The second kappa shape index (κ2) is 6.53. The Morgan fingerprint density at radius 3 is 2.71 bits per heavy atom. The van der Waals surface area contributed by atoms with Crippen LogP contribution in [0.2, 0.25) is 0 Å². The third-order valence-electron chi connectivity index (χ3n) is 2.04. The first kappa shape index (κ1) is 13.1. The predicted molar refractivity (Wildman–Crippen MR) is 58.6 cm³/mol. The molecule has 0 saturated heterocycles. The van der Waals surface area contributed by atoms with Crippen LogP contribution in [0.25, 0.3) is 0 Å². The van der Waals surface area contributed by atoms with Gasteiger partial charge in [0.25, 0.3) is 0 Å². The molecule has 0 aliphatic carbocycles. The fourth-order valence-corrected chi connectivity index (χ4v) is 1.24. The topological polar surface area (TPSA) is 78.9 Å². The van der Waals surface area contributed by atoms with E-state index in [2.05, 4.69) is 5.16 Å². The molecule has 0 rings (SSSR count). The first-order valence-electron chi connectivity index (χ1n) is 4.26. The number of carbonyl (C=O) groups excluding carboxylic acids is 1. The summed E-state index contributed by atoms with van der Waals surface area (Å²) in [6, 6.07) is -0.366. The minimum absolute atomic E-state index is 0.00144. The molecule has 3 N–H and O–H groups in total. The third-order valence-corrected chi connectivity index (χ3v) is 2.65. The molecule has 0 saturated carbocycles. The molecule has 0 aliphatic heterocycles. The van der Waals surface area contributed by atoms with Crippen LogP contribution in [0.3, 0.4) is 0 Å². The lowest BCUT2D eigenvalue weighted by atomic mass is 10.2. The summed E-state index contributed by atoms with van der Waals surface area (Å²) in [6.07, 6.45) is 2.42. The van der Waals surface area contributed by atoms with Crippen molar-refractivity contribution in [2.24, 2.45) is 10.9 Å². The van der Waals surface area contributed by atoms with Crippen molar-refractivity contribution in [2.45, 2.75) is 19.4 Å². The van der Waals surface area contributed by atoms with Crippen molar-refractivity contribution in [3.05, 3.63) is 0 Å². The number of amidine groups is 1. The number of thioether (sulfide) groups is 1. The number of nitrogens with zero attached hydrogens (tertiary/aromatic N) is 2. The van der Waals surface area contributed by atoms with E-state index in [0.29, 0.717) is 6.42 Å². The standard InChI is InChI=1S/C8H17N3O2S/c1-6(8(9)10-13)11(2)7(12)4-5-14-3/h6,13H,4-5H2,1-3H3,(H2,9,10). The molecule has 1 atom stereocenters. The van der Waals surface area contributed by atoms with Crippen molar-refractivity contribution >= 4 is 23.5 Å². The highest BCUT2D eigenvalue weighted by atomic mass is 32.2. The maximum atomic E-state index is 11.5. The second-order valence-corrected chi connectivity index (χ2v) is 3.93. The Bertz CT molecular complexity index is 221. The van der Waals surface area contributed by atoms with E-state index in [1.807, 2.05) is 6.26 Å². The summed E-state index contributed by atoms with van der Waals surface area (Å²) >= 11 is 1.61. The Balaban J connectivity index is 4.17. The molecule has 82 valence electrons. The minimum Gasteiger partial charge on any atom is -0.409 e. The normalized spacial score (nSPS) is 13.8. The van der Waals surface area contributed by atoms with E-state index in [4.69, 9.17) is 10.9 Å². The van der Waals surface area contributed by atoms with Gasteiger partial charge in [0.15, 0.2) is 5.84 Å². The lowest BCUT2D eigenvalue weighted by Gasteiger charge is -2.23. The lowest BCUT2D eigenvalue weighted by Crippen LogP contribution is -2.43. The zero-order valence-corrected chi connectivity index (χ0v) is 9.54. The van der Waals surface area contributed by atoms with Crippen molar-refractivity contribution in [3.8, 4) is 0 Å². The number of rotatable bonds is 5. The average molecular weight is 219 g/mol. The molecule has 6 heteroatoms. The molecule has 0 aromatic carbocycles. The van der Waals surface area contributed by atoms with Crippen LogP contribution in [0.4, 0.5) is 0 Å². The van der Waals surface area contributed by atoms with E-state index >= 15 is 0 Å². The number of hydrogen-bond acceptors (Lipinski definition) is 4. The van der Waals surface area contributed by atoms with E-state index in [9.17, 15) is 4.79 Å². The van der Waals surface area contributed by atoms with Crippen LogP contribution in [-0.2, 0) is 4.79 Å². The van der Waals surface area contributed by atoms with Gasteiger partial charge in [0.2, 0.25) is 5.91 Å². The molecule has 0 aromatic rings. The Morgan fingerprint density at radius 2 is 2.29 bits per heavy atom. The zero-order chi connectivity index (χ0) is 11.1. The Kier molecular flexibility index (Phi) is 6.11. The van der Waals surface area contributed by atoms with Crippen molar-refractivity contribution in [1.29, 1.82) is 0 Å². The number of nitrogens with two attached hydrogens (primary N) is 1. The fourth-order valence-electron chi connectivity index (χ4n) is 0.864. The molecule has 1 amide bonds. The molecule has 0 radical (unpaired) electrons. The summed E-state index contributed by atoms with van der Waals surface area (Å²) in [5, 5.41) is 11.3. The molecule has 0 aromatic heterocycles. The van der Waals surface area contributed by atoms with Gasteiger partial charge in [-0.2, -0.15) is 11.8 Å². The minimum atomic E-state index is -0.366. The van der Waals surface area contributed by atoms with Gasteiger partial charge in [0.05, 0.1) is 6.04 Å². The highest BCUT2D eigenvalue weighted by molar-refractivity contribution is 7.98. The van der Waals surface area contributed by atoms with Gasteiger partial charge in [-0.3, -0.25) is 4.79 Å². The number of amides is 1. The first-order chi connectivity index (χ1) is 6.54. The van der Waals surface area contributed by atoms with Gasteiger partial charge in [-0.15, -0.1) is 0 Å². The summed E-state index contributed by atoms with van der Waals surface area (Å²) in [6.45, 7) is 1.71. The van der Waals surface area contributed by atoms with Crippen molar-refractivity contribution in [3.63, 3.8) is 0 Å². The molecular weight excluding hydrogens is 202 g/mol. The molecule has 0 spiro atoms.